The Labute approximate surface area is 159 Å². The number of esters is 1. The summed E-state index contributed by atoms with van der Waals surface area (Å²) in [6.07, 6.45) is -1.03. The van der Waals surface area contributed by atoms with Crippen LogP contribution < -0.4 is 0 Å². The molecule has 0 aliphatic carbocycles. The highest BCUT2D eigenvalue weighted by Crippen LogP contribution is 2.22. The van der Waals surface area contributed by atoms with E-state index in [4.69, 9.17) is 4.74 Å². The molecule has 0 amide bonds. The number of nitrogens with one attached hydrogen (secondary N) is 2. The molecule has 7 nitrogen and oxygen atoms in total. The number of hydrogen-bond acceptors (Lipinski definition) is 5. The lowest BCUT2D eigenvalue weighted by molar-refractivity contribution is 0.0328. The number of carbonyl (C=O) groups is 1. The number of aromatic amines is 2. The van der Waals surface area contributed by atoms with Crippen LogP contribution in [0, 0.1) is 11.3 Å². The van der Waals surface area contributed by atoms with Gasteiger partial charge in [-0.25, -0.2) is 9.78 Å². The van der Waals surface area contributed by atoms with Gasteiger partial charge in [0.05, 0.1) is 11.0 Å². The van der Waals surface area contributed by atoms with Crippen LogP contribution >= 0.6 is 0 Å². The first-order valence-corrected chi connectivity index (χ1v) is 8.64. The van der Waals surface area contributed by atoms with Crippen molar-refractivity contribution in [3.8, 4) is 6.07 Å². The molecule has 28 heavy (non-hydrogen) atoms. The molecule has 0 aliphatic rings. The van der Waals surface area contributed by atoms with Crippen molar-refractivity contribution < 1.29 is 14.6 Å². The van der Waals surface area contributed by atoms with E-state index in [1.807, 2.05) is 48.5 Å². The van der Waals surface area contributed by atoms with Gasteiger partial charge in [-0.2, -0.15) is 5.26 Å². The Morgan fingerprint density at radius 1 is 1.14 bits per heavy atom. The minimum Gasteiger partial charge on any atom is -0.507 e. The first-order chi connectivity index (χ1) is 13.6. The second-order valence-corrected chi connectivity index (χ2v) is 6.29. The Kier molecular flexibility index (Phi) is 4.30. The van der Waals surface area contributed by atoms with Gasteiger partial charge in [-0.3, -0.25) is 0 Å². The van der Waals surface area contributed by atoms with Crippen molar-refractivity contribution in [1.82, 2.24) is 15.0 Å². The zero-order valence-electron chi connectivity index (χ0n) is 14.9. The molecule has 2 aromatic carbocycles. The van der Waals surface area contributed by atoms with Crippen molar-refractivity contribution in [2.45, 2.75) is 13.0 Å². The zero-order valence-corrected chi connectivity index (χ0v) is 14.9. The highest BCUT2D eigenvalue weighted by Gasteiger charge is 2.22. The highest BCUT2D eigenvalue weighted by molar-refractivity contribution is 5.95. The van der Waals surface area contributed by atoms with E-state index in [0.29, 0.717) is 5.52 Å². The average Bonchev–Trinajstić information content (AvgIpc) is 3.32. The minimum atomic E-state index is -1.03. The van der Waals surface area contributed by atoms with Crippen molar-refractivity contribution in [2.75, 3.05) is 0 Å². The fourth-order valence-corrected chi connectivity index (χ4v) is 2.97. The van der Waals surface area contributed by atoms with Crippen LogP contribution in [0.1, 0.15) is 23.2 Å². The molecule has 4 rings (SSSR count). The molecule has 3 N–H and O–H groups in total. The lowest BCUT2D eigenvalue weighted by Gasteiger charge is -2.13. The number of hydrogen-bond donors (Lipinski definition) is 3. The van der Waals surface area contributed by atoms with Crippen LogP contribution in [0.5, 0.6) is 0 Å². The van der Waals surface area contributed by atoms with E-state index in [9.17, 15) is 15.2 Å². The Hall–Kier alpha value is -4.05. The molecule has 4 aromatic rings. The van der Waals surface area contributed by atoms with E-state index in [-0.39, 0.29) is 22.9 Å². The molecule has 0 saturated carbocycles. The van der Waals surface area contributed by atoms with Crippen LogP contribution in [0.4, 0.5) is 0 Å². The largest absolute Gasteiger partial charge is 0.507 e. The summed E-state index contributed by atoms with van der Waals surface area (Å²) in [5.41, 5.74) is 2.40. The molecular formula is C21H16N4O3. The van der Waals surface area contributed by atoms with Gasteiger partial charge in [-0.05, 0) is 31.2 Å². The molecule has 2 heterocycles. The third-order valence-corrected chi connectivity index (χ3v) is 4.41. The summed E-state index contributed by atoms with van der Waals surface area (Å²) in [5.74, 6) is -0.780. The van der Waals surface area contributed by atoms with Crippen molar-refractivity contribution in [1.29, 1.82) is 5.26 Å². The van der Waals surface area contributed by atoms with E-state index in [1.165, 1.54) is 6.92 Å². The quantitative estimate of drug-likeness (QED) is 0.284. The summed E-state index contributed by atoms with van der Waals surface area (Å²) in [5, 5.41) is 20.9. The number of nitriles is 1. The summed E-state index contributed by atoms with van der Waals surface area (Å²) in [7, 11) is 0. The number of aliphatic hydroxyl groups excluding tert-OH is 1. The second kappa shape index (κ2) is 6.93. The van der Waals surface area contributed by atoms with Gasteiger partial charge in [0.1, 0.15) is 17.3 Å². The highest BCUT2D eigenvalue weighted by atomic mass is 16.6. The molecule has 0 radical (unpaired) electrons. The summed E-state index contributed by atoms with van der Waals surface area (Å²) in [4.78, 5) is 22.7. The Morgan fingerprint density at radius 3 is 2.57 bits per heavy atom. The zero-order chi connectivity index (χ0) is 19.7. The monoisotopic (exact) mass is 372 g/mol. The number of benzene rings is 2. The molecule has 0 saturated heterocycles. The summed E-state index contributed by atoms with van der Waals surface area (Å²) < 4.78 is 5.34. The number of fused-ring (bicyclic) bond motifs is 2. The molecule has 0 bridgehead atoms. The summed E-state index contributed by atoms with van der Waals surface area (Å²) >= 11 is 0. The maximum Gasteiger partial charge on any atom is 0.355 e. The van der Waals surface area contributed by atoms with Gasteiger partial charge in [-0.1, -0.05) is 30.3 Å². The lowest BCUT2D eigenvalue weighted by Crippen LogP contribution is -2.18. The molecule has 0 spiro atoms. The third-order valence-electron chi connectivity index (χ3n) is 4.41. The van der Waals surface area contributed by atoms with Crippen molar-refractivity contribution in [2.24, 2.45) is 0 Å². The van der Waals surface area contributed by atoms with Crippen LogP contribution in [-0.2, 0) is 4.74 Å². The molecule has 0 fully saturated rings. The fourth-order valence-electron chi connectivity index (χ4n) is 2.97. The number of H-pyrrole nitrogens is 2. The minimum absolute atomic E-state index is 0.0758. The van der Waals surface area contributed by atoms with Gasteiger partial charge >= 0.3 is 5.97 Å². The normalized spacial score (nSPS) is 13.1. The predicted octanol–water partition coefficient (Wildman–Crippen LogP) is 4.08. The predicted molar refractivity (Wildman–Crippen MR) is 104 cm³/mol. The maximum atomic E-state index is 12.4. The number of allylic oxidation sites excluding steroid dienone is 1. The first kappa shape index (κ1) is 17.4. The molecular weight excluding hydrogens is 356 g/mol. The number of imidazole rings is 1. The third kappa shape index (κ3) is 3.08. The van der Waals surface area contributed by atoms with Crippen molar-refractivity contribution >= 4 is 33.5 Å². The van der Waals surface area contributed by atoms with E-state index < -0.39 is 12.1 Å². The molecule has 0 unspecified atom stereocenters. The number of aromatic nitrogens is 3. The lowest BCUT2D eigenvalue weighted by atomic mass is 10.1. The Balaban J connectivity index is 1.60. The number of para-hydroxylation sites is 3. The van der Waals surface area contributed by atoms with Gasteiger partial charge in [0.15, 0.2) is 17.7 Å². The number of nitrogens with zero attached hydrogens (tertiary/aromatic N) is 2. The molecule has 1 atom stereocenters. The topological polar surface area (TPSA) is 115 Å². The van der Waals surface area contributed by atoms with Gasteiger partial charge in [0, 0.05) is 10.9 Å². The van der Waals surface area contributed by atoms with E-state index in [2.05, 4.69) is 15.0 Å². The SMILES string of the molecule is C[C@H](OC(=O)c1cc2ccccc2[nH]1)/C(O)=C(\C#N)c1nc2ccccc2[nH]1. The maximum absolute atomic E-state index is 12.4. The molecule has 0 aliphatic heterocycles. The summed E-state index contributed by atoms with van der Waals surface area (Å²) in [6.45, 7) is 1.50. The molecule has 138 valence electrons. The fraction of sp³-hybridized carbons (Fsp3) is 0.0952. The van der Waals surface area contributed by atoms with Crippen LogP contribution in [0.2, 0.25) is 0 Å². The van der Waals surface area contributed by atoms with E-state index >= 15 is 0 Å². The van der Waals surface area contributed by atoms with Gasteiger partial charge < -0.3 is 19.8 Å². The van der Waals surface area contributed by atoms with Gasteiger partial charge in [0.2, 0.25) is 0 Å². The van der Waals surface area contributed by atoms with Crippen LogP contribution in [0.15, 0.2) is 60.4 Å². The second-order valence-electron chi connectivity index (χ2n) is 6.29. The number of carbonyl (C=O) groups excluding carboxylic acids is 1. The van der Waals surface area contributed by atoms with Crippen molar-refractivity contribution in [3.05, 3.63) is 71.9 Å². The van der Waals surface area contributed by atoms with Crippen LogP contribution in [0.25, 0.3) is 27.5 Å². The summed E-state index contributed by atoms with van der Waals surface area (Å²) in [6, 6.07) is 18.3. The number of ether oxygens (including phenoxy) is 1. The standard InChI is InChI=1S/C21H16N4O3/c1-12(28-21(27)18-10-13-6-2-3-7-15(13)23-18)19(26)14(11-22)20-24-16-8-4-5-9-17(16)25-20/h2-10,12,23,26H,1H3,(H,24,25)/b19-14-/t12-/m0/s1. The van der Waals surface area contributed by atoms with E-state index in [1.54, 1.807) is 12.1 Å². The number of aliphatic hydroxyl groups is 1. The molecule has 2 aromatic heterocycles. The van der Waals surface area contributed by atoms with Gasteiger partial charge in [0.25, 0.3) is 0 Å². The average molecular weight is 372 g/mol. The smallest absolute Gasteiger partial charge is 0.355 e. The first-order valence-electron chi connectivity index (χ1n) is 8.64. The number of rotatable bonds is 4. The Bertz CT molecular complexity index is 1190. The van der Waals surface area contributed by atoms with Crippen molar-refractivity contribution in [3.63, 3.8) is 0 Å². The van der Waals surface area contributed by atoms with Crippen LogP contribution in [0.3, 0.4) is 0 Å². The van der Waals surface area contributed by atoms with Crippen LogP contribution in [-0.4, -0.2) is 32.1 Å². The Morgan fingerprint density at radius 2 is 1.86 bits per heavy atom. The van der Waals surface area contributed by atoms with Gasteiger partial charge in [-0.15, -0.1) is 0 Å². The molecule has 7 heteroatoms. The van der Waals surface area contributed by atoms with E-state index in [0.717, 1.165) is 16.4 Å².